The molecule has 1 aromatic heterocycles. The molecule has 1 aliphatic rings. The molecule has 1 fully saturated rings. The third kappa shape index (κ3) is 2.55. The summed E-state index contributed by atoms with van der Waals surface area (Å²) in [5.41, 5.74) is 0. The maximum atomic E-state index is 14.5. The van der Waals surface area contributed by atoms with E-state index in [1.165, 1.54) is 38.7 Å². The van der Waals surface area contributed by atoms with Gasteiger partial charge in [-0.25, -0.2) is 4.39 Å². The Labute approximate surface area is 135 Å². The molecule has 0 radical (unpaired) electrons. The molecular weight excluding hydrogens is 323 g/mol. The number of esters is 1. The third-order valence-electron chi connectivity index (χ3n) is 3.98. The van der Waals surface area contributed by atoms with Crippen molar-refractivity contribution in [2.75, 3.05) is 21.3 Å². The topological polar surface area (TPSA) is 61.8 Å². The predicted octanol–water partition coefficient (Wildman–Crippen LogP) is 3.05. The summed E-state index contributed by atoms with van der Waals surface area (Å²) >= 11 is 1.18. The fourth-order valence-electron chi connectivity index (χ4n) is 2.64. The average molecular weight is 338 g/mol. The normalized spacial score (nSPS) is 19.5. The number of ketones is 1. The standard InChI is InChI=1S/C16H15FO5S/c1-20-10-6-11-9(13(17)15(10)21-2)5-12(23-11)14(18)7-4-8(7)16(19)22-3/h5-8H,4H2,1-3H3. The van der Waals surface area contributed by atoms with Gasteiger partial charge in [0.1, 0.15) is 0 Å². The molecule has 5 nitrogen and oxygen atoms in total. The summed E-state index contributed by atoms with van der Waals surface area (Å²) in [6.45, 7) is 0. The lowest BCUT2D eigenvalue weighted by atomic mass is 10.1. The molecule has 23 heavy (non-hydrogen) atoms. The number of ether oxygens (including phenoxy) is 3. The van der Waals surface area contributed by atoms with Crippen LogP contribution in [0.3, 0.4) is 0 Å². The number of halogens is 1. The molecule has 1 aromatic carbocycles. The minimum Gasteiger partial charge on any atom is -0.493 e. The zero-order valence-corrected chi connectivity index (χ0v) is 13.7. The van der Waals surface area contributed by atoms with Gasteiger partial charge in [-0.05, 0) is 12.5 Å². The molecule has 7 heteroatoms. The molecule has 3 rings (SSSR count). The number of rotatable bonds is 5. The number of Topliss-reactive ketones (excluding diaryl/α,β-unsaturated/α-hetero) is 1. The number of carbonyl (C=O) groups excluding carboxylic acids is 2. The quantitative estimate of drug-likeness (QED) is 0.619. The van der Waals surface area contributed by atoms with Crippen LogP contribution in [-0.4, -0.2) is 33.1 Å². The molecular formula is C16H15FO5S. The zero-order chi connectivity index (χ0) is 16.7. The minimum atomic E-state index is -0.558. The number of thiophene rings is 1. The first-order chi connectivity index (χ1) is 11.0. The summed E-state index contributed by atoms with van der Waals surface area (Å²) in [7, 11) is 4.08. The predicted molar refractivity (Wildman–Crippen MR) is 82.8 cm³/mol. The lowest BCUT2D eigenvalue weighted by Gasteiger charge is -2.08. The number of hydrogen-bond acceptors (Lipinski definition) is 6. The van der Waals surface area contributed by atoms with Gasteiger partial charge in [-0.1, -0.05) is 0 Å². The van der Waals surface area contributed by atoms with Crippen molar-refractivity contribution < 1.29 is 28.2 Å². The SMILES string of the molecule is COC(=O)C1CC1C(=O)c1cc2c(F)c(OC)c(OC)cc2s1. The fraction of sp³-hybridized carbons (Fsp3) is 0.375. The highest BCUT2D eigenvalue weighted by molar-refractivity contribution is 7.20. The number of hydrogen-bond donors (Lipinski definition) is 0. The van der Waals surface area contributed by atoms with Crippen LogP contribution in [-0.2, 0) is 9.53 Å². The van der Waals surface area contributed by atoms with Gasteiger partial charge in [-0.2, -0.15) is 0 Å². The van der Waals surface area contributed by atoms with Gasteiger partial charge in [-0.15, -0.1) is 11.3 Å². The Morgan fingerprint density at radius 2 is 1.91 bits per heavy atom. The Morgan fingerprint density at radius 1 is 1.17 bits per heavy atom. The van der Waals surface area contributed by atoms with E-state index in [4.69, 9.17) is 9.47 Å². The molecule has 1 saturated carbocycles. The Hall–Kier alpha value is -2.15. The summed E-state index contributed by atoms with van der Waals surface area (Å²) in [6, 6.07) is 3.15. The highest BCUT2D eigenvalue weighted by Gasteiger charge is 2.49. The molecule has 0 bridgehead atoms. The summed E-state index contributed by atoms with van der Waals surface area (Å²) in [6.07, 6.45) is 0.481. The Balaban J connectivity index is 1.96. The fourth-order valence-corrected chi connectivity index (χ4v) is 3.73. The second-order valence-corrected chi connectivity index (χ2v) is 6.37. The second-order valence-electron chi connectivity index (χ2n) is 5.28. The first kappa shape index (κ1) is 15.7. The molecule has 0 spiro atoms. The highest BCUT2D eigenvalue weighted by atomic mass is 32.1. The van der Waals surface area contributed by atoms with E-state index in [0.29, 0.717) is 21.4 Å². The van der Waals surface area contributed by atoms with Gasteiger partial charge in [0.25, 0.3) is 0 Å². The molecule has 2 aromatic rings. The van der Waals surface area contributed by atoms with Gasteiger partial charge < -0.3 is 14.2 Å². The molecule has 2 unspecified atom stereocenters. The molecule has 0 N–H and O–H groups in total. The van der Waals surface area contributed by atoms with Crippen LogP contribution < -0.4 is 9.47 Å². The average Bonchev–Trinajstić information content (AvgIpc) is 3.24. The largest absolute Gasteiger partial charge is 0.493 e. The maximum absolute atomic E-state index is 14.5. The smallest absolute Gasteiger partial charge is 0.309 e. The Bertz CT molecular complexity index is 797. The number of methoxy groups -OCH3 is 3. The van der Waals surface area contributed by atoms with Crippen LogP contribution in [0.2, 0.25) is 0 Å². The van der Waals surface area contributed by atoms with Crippen LogP contribution in [0.15, 0.2) is 12.1 Å². The van der Waals surface area contributed by atoms with Crippen molar-refractivity contribution in [1.82, 2.24) is 0 Å². The molecule has 0 aliphatic heterocycles. The molecule has 0 saturated heterocycles. The molecule has 2 atom stereocenters. The lowest BCUT2D eigenvalue weighted by molar-refractivity contribution is -0.142. The minimum absolute atomic E-state index is 0.00987. The first-order valence-electron chi connectivity index (χ1n) is 6.97. The maximum Gasteiger partial charge on any atom is 0.309 e. The van der Waals surface area contributed by atoms with Crippen molar-refractivity contribution in [3.63, 3.8) is 0 Å². The summed E-state index contributed by atoms with van der Waals surface area (Å²) in [4.78, 5) is 24.3. The number of fused-ring (bicyclic) bond motifs is 1. The van der Waals surface area contributed by atoms with E-state index in [2.05, 4.69) is 4.74 Å². The van der Waals surface area contributed by atoms with Crippen LogP contribution in [0.4, 0.5) is 4.39 Å². The van der Waals surface area contributed by atoms with Gasteiger partial charge in [0.2, 0.25) is 0 Å². The van der Waals surface area contributed by atoms with Gasteiger partial charge in [-0.3, -0.25) is 9.59 Å². The lowest BCUT2D eigenvalue weighted by Crippen LogP contribution is -2.09. The van der Waals surface area contributed by atoms with Gasteiger partial charge in [0, 0.05) is 22.1 Å². The summed E-state index contributed by atoms with van der Waals surface area (Å²) in [5.74, 6) is -1.56. The number of benzene rings is 1. The molecule has 122 valence electrons. The van der Waals surface area contributed by atoms with Crippen molar-refractivity contribution in [1.29, 1.82) is 0 Å². The van der Waals surface area contributed by atoms with Crippen molar-refractivity contribution in [3.05, 3.63) is 22.8 Å². The monoisotopic (exact) mass is 338 g/mol. The van der Waals surface area contributed by atoms with Crippen LogP contribution in [0.1, 0.15) is 16.1 Å². The van der Waals surface area contributed by atoms with E-state index >= 15 is 0 Å². The van der Waals surface area contributed by atoms with Crippen molar-refractivity contribution in [3.8, 4) is 11.5 Å². The van der Waals surface area contributed by atoms with Crippen LogP contribution >= 0.6 is 11.3 Å². The van der Waals surface area contributed by atoms with Gasteiger partial charge in [0.15, 0.2) is 23.1 Å². The van der Waals surface area contributed by atoms with E-state index in [-0.39, 0.29) is 35.1 Å². The second kappa shape index (κ2) is 5.81. The van der Waals surface area contributed by atoms with Crippen LogP contribution in [0.25, 0.3) is 10.1 Å². The Morgan fingerprint density at radius 3 is 2.52 bits per heavy atom. The summed E-state index contributed by atoms with van der Waals surface area (Å²) < 4.78 is 29.9. The van der Waals surface area contributed by atoms with Crippen molar-refractivity contribution in [2.24, 2.45) is 11.8 Å². The van der Waals surface area contributed by atoms with Crippen LogP contribution in [0.5, 0.6) is 11.5 Å². The summed E-state index contributed by atoms with van der Waals surface area (Å²) in [5, 5.41) is 0.311. The zero-order valence-electron chi connectivity index (χ0n) is 12.8. The van der Waals surface area contributed by atoms with E-state index in [1.54, 1.807) is 6.07 Å². The highest BCUT2D eigenvalue weighted by Crippen LogP contribution is 2.45. The number of carbonyl (C=O) groups is 2. The van der Waals surface area contributed by atoms with E-state index in [1.807, 2.05) is 0 Å². The molecule has 1 aliphatic carbocycles. The van der Waals surface area contributed by atoms with Crippen LogP contribution in [0, 0.1) is 17.7 Å². The van der Waals surface area contributed by atoms with Gasteiger partial charge >= 0.3 is 5.97 Å². The van der Waals surface area contributed by atoms with Crippen molar-refractivity contribution >= 4 is 33.2 Å². The first-order valence-corrected chi connectivity index (χ1v) is 7.79. The van der Waals surface area contributed by atoms with Crippen molar-refractivity contribution in [2.45, 2.75) is 6.42 Å². The van der Waals surface area contributed by atoms with E-state index in [9.17, 15) is 14.0 Å². The molecule has 1 heterocycles. The van der Waals surface area contributed by atoms with Gasteiger partial charge in [0.05, 0.1) is 32.1 Å². The third-order valence-corrected chi connectivity index (χ3v) is 5.08. The van der Waals surface area contributed by atoms with E-state index < -0.39 is 5.82 Å². The Kier molecular flexibility index (Phi) is 3.97. The van der Waals surface area contributed by atoms with E-state index in [0.717, 1.165) is 0 Å². The molecule has 0 amide bonds.